The van der Waals surface area contributed by atoms with Gasteiger partial charge in [0.2, 0.25) is 5.91 Å². The third kappa shape index (κ3) is 3.92. The predicted molar refractivity (Wildman–Crippen MR) is 92.8 cm³/mol. The molecule has 1 aliphatic heterocycles. The van der Waals surface area contributed by atoms with Gasteiger partial charge in [-0.1, -0.05) is 12.1 Å². The Morgan fingerprint density at radius 2 is 2.28 bits per heavy atom. The molecule has 1 N–H and O–H groups in total. The molecule has 1 aliphatic rings. The Balaban J connectivity index is 1.48. The van der Waals surface area contributed by atoms with Crippen molar-refractivity contribution in [3.8, 4) is 11.5 Å². The zero-order valence-corrected chi connectivity index (χ0v) is 14.9. The van der Waals surface area contributed by atoms with Gasteiger partial charge in [0, 0.05) is 13.1 Å². The zero-order chi connectivity index (χ0) is 17.8. The van der Waals surface area contributed by atoms with Crippen LogP contribution in [0.1, 0.15) is 23.6 Å². The average Bonchev–Trinajstić information content (AvgIpc) is 2.94. The molecule has 7 nitrogen and oxygen atoms in total. The van der Waals surface area contributed by atoms with E-state index in [0.29, 0.717) is 19.6 Å². The number of benzene rings is 1. The van der Waals surface area contributed by atoms with E-state index in [1.165, 1.54) is 0 Å². The number of para-hydroxylation sites is 1. The van der Waals surface area contributed by atoms with Crippen LogP contribution in [0.25, 0.3) is 0 Å². The van der Waals surface area contributed by atoms with Gasteiger partial charge in [0.25, 0.3) is 0 Å². The summed E-state index contributed by atoms with van der Waals surface area (Å²) in [5.41, 5.74) is 1.01. The average molecular weight is 344 g/mol. The van der Waals surface area contributed by atoms with E-state index in [1.54, 1.807) is 7.11 Å². The number of aryl methyl sites for hydroxylation is 3. The Hall–Kier alpha value is -2.57. The van der Waals surface area contributed by atoms with Gasteiger partial charge in [-0.2, -0.15) is 5.10 Å². The van der Waals surface area contributed by atoms with Crippen LogP contribution in [0.5, 0.6) is 11.5 Å². The van der Waals surface area contributed by atoms with Crippen molar-refractivity contribution >= 4 is 5.91 Å². The van der Waals surface area contributed by atoms with Crippen LogP contribution in [0.3, 0.4) is 0 Å². The molecule has 0 radical (unpaired) electrons. The lowest BCUT2D eigenvalue weighted by Gasteiger charge is -2.25. The molecule has 1 aromatic carbocycles. The van der Waals surface area contributed by atoms with E-state index in [9.17, 15) is 4.79 Å². The molecule has 2 aromatic rings. The molecule has 1 atom stereocenters. The molecule has 1 aromatic heterocycles. The Labute approximate surface area is 147 Å². The normalized spacial score (nSPS) is 16.0. The first-order chi connectivity index (χ1) is 12.1. The highest BCUT2D eigenvalue weighted by molar-refractivity contribution is 5.79. The summed E-state index contributed by atoms with van der Waals surface area (Å²) >= 11 is 0. The van der Waals surface area contributed by atoms with Gasteiger partial charge in [0.15, 0.2) is 11.5 Å². The van der Waals surface area contributed by atoms with Crippen molar-refractivity contribution in [1.82, 2.24) is 20.1 Å². The SMILES string of the molecule is COc1cccc2c1OC[C@@H](C(=O)NCCCn1nc(C)nc1C)C2. The van der Waals surface area contributed by atoms with Crippen molar-refractivity contribution < 1.29 is 14.3 Å². The lowest BCUT2D eigenvalue weighted by Crippen LogP contribution is -2.38. The molecule has 0 fully saturated rings. The zero-order valence-electron chi connectivity index (χ0n) is 14.9. The first-order valence-electron chi connectivity index (χ1n) is 8.53. The minimum atomic E-state index is -0.171. The van der Waals surface area contributed by atoms with Crippen molar-refractivity contribution in [1.29, 1.82) is 0 Å². The van der Waals surface area contributed by atoms with Gasteiger partial charge in [0.1, 0.15) is 18.3 Å². The number of hydrogen-bond donors (Lipinski definition) is 1. The fourth-order valence-corrected chi connectivity index (χ4v) is 3.08. The van der Waals surface area contributed by atoms with Gasteiger partial charge >= 0.3 is 0 Å². The Morgan fingerprint density at radius 3 is 3.00 bits per heavy atom. The van der Waals surface area contributed by atoms with E-state index in [2.05, 4.69) is 15.4 Å². The quantitative estimate of drug-likeness (QED) is 0.807. The lowest BCUT2D eigenvalue weighted by molar-refractivity contribution is -0.126. The number of carbonyl (C=O) groups excluding carboxylic acids is 1. The number of amides is 1. The van der Waals surface area contributed by atoms with Crippen molar-refractivity contribution in [3.63, 3.8) is 0 Å². The van der Waals surface area contributed by atoms with Crippen LogP contribution in [-0.4, -0.2) is 40.9 Å². The molecule has 2 heterocycles. The summed E-state index contributed by atoms with van der Waals surface area (Å²) in [5, 5.41) is 7.32. The highest BCUT2D eigenvalue weighted by Gasteiger charge is 2.27. The van der Waals surface area contributed by atoms with Crippen molar-refractivity contribution in [3.05, 3.63) is 35.4 Å². The largest absolute Gasteiger partial charge is 0.493 e. The molecule has 0 spiro atoms. The third-order valence-electron chi connectivity index (χ3n) is 4.35. The predicted octanol–water partition coefficient (Wildman–Crippen LogP) is 1.66. The van der Waals surface area contributed by atoms with Gasteiger partial charge < -0.3 is 14.8 Å². The summed E-state index contributed by atoms with van der Waals surface area (Å²) in [6.07, 6.45) is 1.48. The van der Waals surface area contributed by atoms with Gasteiger partial charge in [-0.3, -0.25) is 9.48 Å². The molecular formula is C18H24N4O3. The van der Waals surface area contributed by atoms with Crippen molar-refractivity contribution in [2.45, 2.75) is 33.2 Å². The number of fused-ring (bicyclic) bond motifs is 1. The highest BCUT2D eigenvalue weighted by atomic mass is 16.5. The van der Waals surface area contributed by atoms with Crippen molar-refractivity contribution in [2.75, 3.05) is 20.3 Å². The lowest BCUT2D eigenvalue weighted by atomic mass is 9.95. The van der Waals surface area contributed by atoms with Gasteiger partial charge in [-0.05, 0) is 38.3 Å². The maximum atomic E-state index is 12.4. The van der Waals surface area contributed by atoms with E-state index < -0.39 is 0 Å². The molecule has 7 heteroatoms. The van der Waals surface area contributed by atoms with Gasteiger partial charge in [-0.25, -0.2) is 4.98 Å². The summed E-state index contributed by atoms with van der Waals surface area (Å²) in [4.78, 5) is 16.7. The molecule has 0 bridgehead atoms. The molecule has 0 saturated carbocycles. The number of nitrogens with one attached hydrogen (secondary N) is 1. The molecule has 134 valence electrons. The maximum absolute atomic E-state index is 12.4. The third-order valence-corrected chi connectivity index (χ3v) is 4.35. The molecule has 0 aliphatic carbocycles. The molecule has 25 heavy (non-hydrogen) atoms. The first kappa shape index (κ1) is 17.3. The van der Waals surface area contributed by atoms with E-state index in [-0.39, 0.29) is 11.8 Å². The Morgan fingerprint density at radius 1 is 1.44 bits per heavy atom. The fourth-order valence-electron chi connectivity index (χ4n) is 3.08. The number of nitrogens with zero attached hydrogens (tertiary/aromatic N) is 3. The van der Waals surface area contributed by atoms with Crippen LogP contribution in [0.4, 0.5) is 0 Å². The summed E-state index contributed by atoms with van der Waals surface area (Å²) in [6.45, 7) is 5.54. The van der Waals surface area contributed by atoms with Crippen LogP contribution >= 0.6 is 0 Å². The molecular weight excluding hydrogens is 320 g/mol. The van der Waals surface area contributed by atoms with E-state index in [4.69, 9.17) is 9.47 Å². The molecule has 0 saturated heterocycles. The van der Waals surface area contributed by atoms with E-state index >= 15 is 0 Å². The number of ether oxygens (including phenoxy) is 2. The second-order valence-electron chi connectivity index (χ2n) is 6.23. The number of hydrogen-bond acceptors (Lipinski definition) is 5. The molecule has 1 amide bonds. The van der Waals surface area contributed by atoms with Crippen LogP contribution in [0, 0.1) is 19.8 Å². The Kier molecular flexibility index (Phi) is 5.21. The molecule has 3 rings (SSSR count). The number of methoxy groups -OCH3 is 1. The number of carbonyl (C=O) groups is 1. The van der Waals surface area contributed by atoms with Crippen LogP contribution < -0.4 is 14.8 Å². The summed E-state index contributed by atoms with van der Waals surface area (Å²) in [7, 11) is 1.62. The second-order valence-corrected chi connectivity index (χ2v) is 6.23. The van der Waals surface area contributed by atoms with E-state index in [0.717, 1.165) is 41.7 Å². The smallest absolute Gasteiger partial charge is 0.226 e. The Bertz CT molecular complexity index is 757. The number of aromatic nitrogens is 3. The second kappa shape index (κ2) is 7.55. The topological polar surface area (TPSA) is 78.3 Å². The summed E-state index contributed by atoms with van der Waals surface area (Å²) < 4.78 is 12.9. The molecule has 0 unspecified atom stereocenters. The van der Waals surface area contributed by atoms with Gasteiger partial charge in [0.05, 0.1) is 13.0 Å². The van der Waals surface area contributed by atoms with E-state index in [1.807, 2.05) is 36.7 Å². The van der Waals surface area contributed by atoms with Crippen LogP contribution in [0.15, 0.2) is 18.2 Å². The maximum Gasteiger partial charge on any atom is 0.226 e. The first-order valence-corrected chi connectivity index (χ1v) is 8.53. The summed E-state index contributed by atoms with van der Waals surface area (Å²) in [6, 6.07) is 5.77. The fraction of sp³-hybridized carbons (Fsp3) is 0.500. The summed E-state index contributed by atoms with van der Waals surface area (Å²) in [5.74, 6) is 3.00. The highest BCUT2D eigenvalue weighted by Crippen LogP contribution is 2.35. The van der Waals surface area contributed by atoms with Crippen LogP contribution in [-0.2, 0) is 17.8 Å². The minimum Gasteiger partial charge on any atom is -0.493 e. The monoisotopic (exact) mass is 344 g/mol. The van der Waals surface area contributed by atoms with Crippen LogP contribution in [0.2, 0.25) is 0 Å². The number of rotatable bonds is 6. The van der Waals surface area contributed by atoms with Crippen molar-refractivity contribution in [2.24, 2.45) is 5.92 Å². The van der Waals surface area contributed by atoms with Gasteiger partial charge in [-0.15, -0.1) is 0 Å². The standard InChI is InChI=1S/C18H24N4O3/c1-12-20-13(2)22(21-12)9-5-8-19-18(23)15-10-14-6-4-7-16(24-3)17(14)25-11-15/h4,6-7,15H,5,8-11H2,1-3H3,(H,19,23)/t15-/m0/s1. The minimum absolute atomic E-state index is 0.0277.